The van der Waals surface area contributed by atoms with Gasteiger partial charge in [0.2, 0.25) is 10.0 Å². The maximum absolute atomic E-state index is 12.6. The van der Waals surface area contributed by atoms with Crippen molar-refractivity contribution in [3.05, 3.63) is 29.3 Å². The Kier molecular flexibility index (Phi) is 6.73. The van der Waals surface area contributed by atoms with Gasteiger partial charge in [-0.1, -0.05) is 19.9 Å². The molecule has 2 N–H and O–H groups in total. The van der Waals surface area contributed by atoms with Gasteiger partial charge in [-0.25, -0.2) is 17.5 Å². The van der Waals surface area contributed by atoms with E-state index in [9.17, 15) is 13.2 Å². The zero-order chi connectivity index (χ0) is 17.8. The molecule has 23 heavy (non-hydrogen) atoms. The molecule has 6 nitrogen and oxygen atoms in total. The van der Waals surface area contributed by atoms with E-state index in [0.29, 0.717) is 18.5 Å². The fraction of sp³-hybridized carbons (Fsp3) is 0.562. The maximum atomic E-state index is 12.6. The summed E-state index contributed by atoms with van der Waals surface area (Å²) in [4.78, 5) is 11.8. The molecule has 0 aliphatic heterocycles. The van der Waals surface area contributed by atoms with Gasteiger partial charge in [-0.15, -0.1) is 0 Å². The number of rotatable bonds is 7. The normalized spacial score (nSPS) is 13.4. The zero-order valence-electron chi connectivity index (χ0n) is 14.4. The Labute approximate surface area is 138 Å². The SMILES string of the molecule is COC(=O)c1cc(S(=O)(=O)N(C)CCC(N)C(C)C)ccc1C. The first-order valence-electron chi connectivity index (χ1n) is 7.52. The minimum Gasteiger partial charge on any atom is -0.465 e. The summed E-state index contributed by atoms with van der Waals surface area (Å²) < 4.78 is 31.2. The van der Waals surface area contributed by atoms with Crippen LogP contribution in [0.25, 0.3) is 0 Å². The first kappa shape index (κ1) is 19.6. The van der Waals surface area contributed by atoms with Crippen LogP contribution in [0.1, 0.15) is 36.2 Å². The van der Waals surface area contributed by atoms with Crippen molar-refractivity contribution < 1.29 is 17.9 Å². The van der Waals surface area contributed by atoms with Gasteiger partial charge in [0, 0.05) is 19.6 Å². The quantitative estimate of drug-likeness (QED) is 0.763. The van der Waals surface area contributed by atoms with E-state index in [0.717, 1.165) is 0 Å². The standard InChI is InChI=1S/C16H26N2O4S/c1-11(2)15(17)8-9-18(4)23(20,21)13-7-6-12(3)14(10-13)16(19)22-5/h6-7,10-11,15H,8-9,17H2,1-5H3. The van der Waals surface area contributed by atoms with Crippen molar-refractivity contribution in [1.82, 2.24) is 4.31 Å². The molecule has 0 fully saturated rings. The topological polar surface area (TPSA) is 89.7 Å². The van der Waals surface area contributed by atoms with Gasteiger partial charge in [0.05, 0.1) is 17.6 Å². The summed E-state index contributed by atoms with van der Waals surface area (Å²) in [5, 5.41) is 0. The number of carbonyl (C=O) groups excluding carboxylic acids is 1. The smallest absolute Gasteiger partial charge is 0.338 e. The Morgan fingerprint density at radius 1 is 1.35 bits per heavy atom. The van der Waals surface area contributed by atoms with Crippen molar-refractivity contribution in [2.24, 2.45) is 11.7 Å². The van der Waals surface area contributed by atoms with Gasteiger partial charge in [-0.2, -0.15) is 0 Å². The lowest BCUT2D eigenvalue weighted by atomic mass is 10.0. The van der Waals surface area contributed by atoms with Crippen LogP contribution in [0.2, 0.25) is 0 Å². The summed E-state index contributed by atoms with van der Waals surface area (Å²) in [7, 11) is -0.891. The predicted octanol–water partition coefficient (Wildman–Crippen LogP) is 1.78. The maximum Gasteiger partial charge on any atom is 0.338 e. The van der Waals surface area contributed by atoms with Crippen molar-refractivity contribution in [3.8, 4) is 0 Å². The van der Waals surface area contributed by atoms with Crippen LogP contribution in [0, 0.1) is 12.8 Å². The molecule has 1 aromatic carbocycles. The molecule has 1 atom stereocenters. The highest BCUT2D eigenvalue weighted by atomic mass is 32.2. The second-order valence-electron chi connectivity index (χ2n) is 5.99. The minimum absolute atomic E-state index is 0.0590. The van der Waals surface area contributed by atoms with Crippen molar-refractivity contribution in [2.75, 3.05) is 20.7 Å². The lowest BCUT2D eigenvalue weighted by Gasteiger charge is -2.21. The molecule has 0 heterocycles. The molecule has 0 saturated heterocycles. The van der Waals surface area contributed by atoms with Crippen LogP contribution in [-0.4, -0.2) is 45.4 Å². The van der Waals surface area contributed by atoms with Crippen molar-refractivity contribution in [1.29, 1.82) is 0 Å². The van der Waals surface area contributed by atoms with Crippen LogP contribution in [0.3, 0.4) is 0 Å². The summed E-state index contributed by atoms with van der Waals surface area (Å²) in [6.07, 6.45) is 0.573. The molecule has 1 rings (SSSR count). The summed E-state index contributed by atoms with van der Waals surface area (Å²) in [5.74, 6) is -0.263. The van der Waals surface area contributed by atoms with Gasteiger partial charge in [0.1, 0.15) is 0 Å². The molecule has 7 heteroatoms. The van der Waals surface area contributed by atoms with E-state index in [-0.39, 0.29) is 22.4 Å². The number of ether oxygens (including phenoxy) is 1. The van der Waals surface area contributed by atoms with Gasteiger partial charge in [0.25, 0.3) is 0 Å². The van der Waals surface area contributed by atoms with E-state index >= 15 is 0 Å². The Hall–Kier alpha value is -1.44. The number of benzene rings is 1. The van der Waals surface area contributed by atoms with E-state index in [1.165, 1.54) is 30.6 Å². The molecule has 0 spiro atoms. The van der Waals surface area contributed by atoms with Crippen molar-refractivity contribution >= 4 is 16.0 Å². The Morgan fingerprint density at radius 2 is 1.96 bits per heavy atom. The first-order valence-corrected chi connectivity index (χ1v) is 8.96. The van der Waals surface area contributed by atoms with E-state index in [4.69, 9.17) is 5.73 Å². The molecule has 0 aliphatic carbocycles. The van der Waals surface area contributed by atoms with Crippen molar-refractivity contribution in [3.63, 3.8) is 0 Å². The van der Waals surface area contributed by atoms with Gasteiger partial charge in [-0.05, 0) is 37.0 Å². The molecule has 1 unspecified atom stereocenters. The predicted molar refractivity (Wildman–Crippen MR) is 89.8 cm³/mol. The minimum atomic E-state index is -3.67. The first-order chi connectivity index (χ1) is 10.6. The monoisotopic (exact) mass is 342 g/mol. The Morgan fingerprint density at radius 3 is 2.48 bits per heavy atom. The number of esters is 1. The van der Waals surface area contributed by atoms with E-state index in [2.05, 4.69) is 4.74 Å². The molecule has 0 aromatic heterocycles. The Bertz CT molecular complexity index is 656. The molecule has 0 amide bonds. The highest BCUT2D eigenvalue weighted by Gasteiger charge is 2.23. The zero-order valence-corrected chi connectivity index (χ0v) is 15.2. The number of hydrogen-bond acceptors (Lipinski definition) is 5. The van der Waals surface area contributed by atoms with Crippen LogP contribution in [0.4, 0.5) is 0 Å². The van der Waals surface area contributed by atoms with Gasteiger partial charge < -0.3 is 10.5 Å². The fourth-order valence-electron chi connectivity index (χ4n) is 2.06. The average molecular weight is 342 g/mol. The van der Waals surface area contributed by atoms with Crippen LogP contribution in [0.15, 0.2) is 23.1 Å². The molecule has 0 radical (unpaired) electrons. The number of nitrogens with two attached hydrogens (primary N) is 1. The van der Waals surface area contributed by atoms with E-state index in [1.54, 1.807) is 13.0 Å². The number of aryl methyl sites for hydroxylation is 1. The van der Waals surface area contributed by atoms with Gasteiger partial charge in [-0.3, -0.25) is 0 Å². The van der Waals surface area contributed by atoms with Crippen LogP contribution in [0.5, 0.6) is 0 Å². The average Bonchev–Trinajstić information content (AvgIpc) is 2.51. The van der Waals surface area contributed by atoms with Crippen LogP contribution in [-0.2, 0) is 14.8 Å². The number of carbonyl (C=O) groups is 1. The molecule has 0 saturated carbocycles. The molecule has 130 valence electrons. The van der Waals surface area contributed by atoms with Gasteiger partial charge in [0.15, 0.2) is 0 Å². The fourth-order valence-corrected chi connectivity index (χ4v) is 3.27. The van der Waals surface area contributed by atoms with E-state index < -0.39 is 16.0 Å². The summed E-state index contributed by atoms with van der Waals surface area (Å²) in [5.41, 5.74) is 6.88. The third-order valence-electron chi connectivity index (χ3n) is 3.96. The highest BCUT2D eigenvalue weighted by molar-refractivity contribution is 7.89. The lowest BCUT2D eigenvalue weighted by molar-refractivity contribution is 0.0599. The summed E-state index contributed by atoms with van der Waals surface area (Å²) in [6.45, 7) is 6.06. The molecule has 0 bridgehead atoms. The molecular weight excluding hydrogens is 316 g/mol. The second-order valence-corrected chi connectivity index (χ2v) is 8.04. The molecule has 1 aromatic rings. The van der Waals surface area contributed by atoms with Crippen LogP contribution < -0.4 is 5.73 Å². The molecular formula is C16H26N2O4S. The van der Waals surface area contributed by atoms with Gasteiger partial charge >= 0.3 is 5.97 Å². The summed E-state index contributed by atoms with van der Waals surface area (Å²) in [6, 6.07) is 4.40. The highest BCUT2D eigenvalue weighted by Crippen LogP contribution is 2.20. The Balaban J connectivity index is 3.02. The van der Waals surface area contributed by atoms with E-state index in [1.807, 2.05) is 13.8 Å². The lowest BCUT2D eigenvalue weighted by Crippen LogP contribution is -2.34. The third-order valence-corrected chi connectivity index (χ3v) is 5.81. The largest absolute Gasteiger partial charge is 0.465 e. The number of hydrogen-bond donors (Lipinski definition) is 1. The third kappa shape index (κ3) is 4.76. The van der Waals surface area contributed by atoms with Crippen molar-refractivity contribution in [2.45, 2.75) is 38.1 Å². The van der Waals surface area contributed by atoms with Crippen LogP contribution >= 0.6 is 0 Å². The second kappa shape index (κ2) is 7.90. The number of nitrogens with zero attached hydrogens (tertiary/aromatic N) is 1. The number of methoxy groups -OCH3 is 1. The molecule has 0 aliphatic rings. The number of sulfonamides is 1. The summed E-state index contributed by atoms with van der Waals surface area (Å²) >= 11 is 0.